The van der Waals surface area contributed by atoms with Gasteiger partial charge in [-0.1, -0.05) is 54.2 Å². The molecular formula is C22H19N3O2S2. The largest absolute Gasteiger partial charge is 0.495 e. The molecular weight excluding hydrogens is 402 g/mol. The van der Waals surface area contributed by atoms with Gasteiger partial charge in [0, 0.05) is 10.3 Å². The van der Waals surface area contributed by atoms with E-state index in [-0.39, 0.29) is 11.2 Å². The molecule has 0 saturated heterocycles. The Bertz CT molecular complexity index is 1150. The lowest BCUT2D eigenvalue weighted by Gasteiger charge is -2.14. The number of benzene rings is 2. The second kappa shape index (κ2) is 8.63. The quantitative estimate of drug-likeness (QED) is 0.330. The van der Waals surface area contributed by atoms with Crippen molar-refractivity contribution >= 4 is 44.9 Å². The van der Waals surface area contributed by atoms with Crippen molar-refractivity contribution in [1.82, 2.24) is 9.97 Å². The second-order valence-electron chi connectivity index (χ2n) is 6.32. The minimum atomic E-state index is -0.335. The van der Waals surface area contributed by atoms with Crippen LogP contribution in [0.25, 0.3) is 20.7 Å². The number of nitrogens with zero attached hydrogens (tertiary/aromatic N) is 2. The molecule has 1 amide bonds. The van der Waals surface area contributed by atoms with Crippen molar-refractivity contribution in [3.63, 3.8) is 0 Å². The molecule has 0 radical (unpaired) electrons. The average Bonchev–Trinajstić information content (AvgIpc) is 3.20. The number of methoxy groups -OCH3 is 1. The monoisotopic (exact) mass is 421 g/mol. The van der Waals surface area contributed by atoms with E-state index in [1.807, 2.05) is 49.4 Å². The maximum Gasteiger partial charge on any atom is 0.237 e. The molecule has 2 aromatic carbocycles. The zero-order valence-electron chi connectivity index (χ0n) is 16.0. The number of hydrogen-bond acceptors (Lipinski definition) is 6. The number of carbonyl (C=O) groups excluding carboxylic acids is 1. The van der Waals surface area contributed by atoms with E-state index in [0.717, 1.165) is 25.7 Å². The first-order chi connectivity index (χ1) is 14.2. The number of para-hydroxylation sites is 2. The molecule has 0 spiro atoms. The number of rotatable bonds is 6. The third-order valence-corrected chi connectivity index (χ3v) is 6.58. The Morgan fingerprint density at radius 3 is 2.66 bits per heavy atom. The Kier molecular flexibility index (Phi) is 5.78. The van der Waals surface area contributed by atoms with Crippen LogP contribution in [0.15, 0.2) is 72.0 Å². The van der Waals surface area contributed by atoms with Gasteiger partial charge in [-0.15, -0.1) is 11.3 Å². The van der Waals surface area contributed by atoms with Gasteiger partial charge in [0.25, 0.3) is 0 Å². The Labute approximate surface area is 177 Å². The second-order valence-corrected chi connectivity index (χ2v) is 8.68. The summed E-state index contributed by atoms with van der Waals surface area (Å²) in [6.07, 6.45) is 1.56. The smallest absolute Gasteiger partial charge is 0.237 e. The van der Waals surface area contributed by atoms with Gasteiger partial charge < -0.3 is 10.1 Å². The number of carbonyl (C=O) groups is 1. The number of thiophene rings is 1. The molecule has 146 valence electrons. The third-order valence-electron chi connectivity index (χ3n) is 4.37. The summed E-state index contributed by atoms with van der Waals surface area (Å²) in [4.78, 5) is 23.6. The van der Waals surface area contributed by atoms with Gasteiger partial charge in [-0.3, -0.25) is 4.79 Å². The first kappa shape index (κ1) is 19.4. The van der Waals surface area contributed by atoms with E-state index in [1.165, 1.54) is 11.8 Å². The minimum absolute atomic E-state index is 0.107. The van der Waals surface area contributed by atoms with Crippen LogP contribution in [0.1, 0.15) is 6.92 Å². The van der Waals surface area contributed by atoms with Crippen LogP contribution in [0.4, 0.5) is 5.69 Å². The lowest BCUT2D eigenvalue weighted by atomic mass is 10.2. The molecule has 4 aromatic rings. The number of amides is 1. The van der Waals surface area contributed by atoms with Gasteiger partial charge in [0.05, 0.1) is 18.0 Å². The Hall–Kier alpha value is -2.90. The molecule has 29 heavy (non-hydrogen) atoms. The van der Waals surface area contributed by atoms with Crippen molar-refractivity contribution in [2.75, 3.05) is 12.4 Å². The van der Waals surface area contributed by atoms with E-state index in [1.54, 1.807) is 24.8 Å². The number of fused-ring (bicyclic) bond motifs is 1. The van der Waals surface area contributed by atoms with Crippen LogP contribution in [-0.2, 0) is 4.79 Å². The van der Waals surface area contributed by atoms with Crippen molar-refractivity contribution in [2.24, 2.45) is 0 Å². The molecule has 0 aliphatic heterocycles. The van der Waals surface area contributed by atoms with Crippen LogP contribution in [0.2, 0.25) is 0 Å². The number of aromatic nitrogens is 2. The standard InChI is InChI=1S/C22H19N3O2S2/c1-14(20(26)25-17-10-6-7-11-18(17)27-2)28-21-16-12-19(15-8-4-3-5-9-15)29-22(16)24-13-23-21/h3-14H,1-2H3,(H,25,26)/t14-/m1/s1. The van der Waals surface area contributed by atoms with Crippen LogP contribution < -0.4 is 10.1 Å². The van der Waals surface area contributed by atoms with Gasteiger partial charge in [-0.25, -0.2) is 9.97 Å². The molecule has 4 rings (SSSR count). The summed E-state index contributed by atoms with van der Waals surface area (Å²) in [5, 5.41) is 4.37. The lowest BCUT2D eigenvalue weighted by Crippen LogP contribution is -2.22. The molecule has 2 aromatic heterocycles. The maximum absolute atomic E-state index is 12.7. The topological polar surface area (TPSA) is 64.1 Å². The SMILES string of the molecule is COc1ccccc1NC(=O)[C@@H](C)Sc1ncnc2sc(-c3ccccc3)cc12. The Balaban J connectivity index is 1.55. The first-order valence-electron chi connectivity index (χ1n) is 9.06. The van der Waals surface area contributed by atoms with E-state index in [9.17, 15) is 4.79 Å². The molecule has 5 nitrogen and oxygen atoms in total. The van der Waals surface area contributed by atoms with Crippen LogP contribution in [0.5, 0.6) is 5.75 Å². The van der Waals surface area contributed by atoms with Crippen molar-refractivity contribution < 1.29 is 9.53 Å². The highest BCUT2D eigenvalue weighted by molar-refractivity contribution is 8.00. The van der Waals surface area contributed by atoms with E-state index < -0.39 is 0 Å². The van der Waals surface area contributed by atoms with E-state index in [0.29, 0.717) is 11.4 Å². The minimum Gasteiger partial charge on any atom is -0.495 e. The molecule has 0 fully saturated rings. The maximum atomic E-state index is 12.7. The molecule has 0 unspecified atom stereocenters. The Morgan fingerprint density at radius 2 is 1.86 bits per heavy atom. The summed E-state index contributed by atoms with van der Waals surface area (Å²) in [6.45, 7) is 1.87. The predicted octanol–water partition coefficient (Wildman–Crippen LogP) is 5.49. The van der Waals surface area contributed by atoms with Gasteiger partial charge in [0.15, 0.2) is 0 Å². The number of anilines is 1. The molecule has 7 heteroatoms. The lowest BCUT2D eigenvalue weighted by molar-refractivity contribution is -0.115. The number of thioether (sulfide) groups is 1. The molecule has 0 bridgehead atoms. The van der Waals surface area contributed by atoms with E-state index >= 15 is 0 Å². The van der Waals surface area contributed by atoms with Crippen LogP contribution >= 0.6 is 23.1 Å². The van der Waals surface area contributed by atoms with Gasteiger partial charge in [-0.2, -0.15) is 0 Å². The molecule has 0 aliphatic carbocycles. The highest BCUT2D eigenvalue weighted by Crippen LogP contribution is 2.37. The Morgan fingerprint density at radius 1 is 1.10 bits per heavy atom. The summed E-state index contributed by atoms with van der Waals surface area (Å²) in [6, 6.07) is 19.7. The zero-order chi connectivity index (χ0) is 20.2. The highest BCUT2D eigenvalue weighted by atomic mass is 32.2. The zero-order valence-corrected chi connectivity index (χ0v) is 17.6. The predicted molar refractivity (Wildman–Crippen MR) is 120 cm³/mol. The number of nitrogens with one attached hydrogen (secondary N) is 1. The third kappa shape index (κ3) is 4.26. The van der Waals surface area contributed by atoms with E-state index in [4.69, 9.17) is 4.74 Å². The number of hydrogen-bond donors (Lipinski definition) is 1. The summed E-state index contributed by atoms with van der Waals surface area (Å²) in [5.74, 6) is 0.526. The molecule has 0 aliphatic rings. The van der Waals surface area contributed by atoms with Crippen molar-refractivity contribution in [1.29, 1.82) is 0 Å². The van der Waals surface area contributed by atoms with Crippen LogP contribution in [0.3, 0.4) is 0 Å². The van der Waals surface area contributed by atoms with Crippen molar-refractivity contribution in [2.45, 2.75) is 17.2 Å². The molecule has 1 N–H and O–H groups in total. The fourth-order valence-corrected chi connectivity index (χ4v) is 4.84. The van der Waals surface area contributed by atoms with Crippen molar-refractivity contribution in [3.8, 4) is 16.2 Å². The fraction of sp³-hybridized carbons (Fsp3) is 0.136. The first-order valence-corrected chi connectivity index (χ1v) is 10.8. The van der Waals surface area contributed by atoms with Crippen molar-refractivity contribution in [3.05, 3.63) is 67.0 Å². The van der Waals surface area contributed by atoms with Gasteiger partial charge in [-0.05, 0) is 30.7 Å². The van der Waals surface area contributed by atoms with Crippen LogP contribution in [-0.4, -0.2) is 28.2 Å². The van der Waals surface area contributed by atoms with Gasteiger partial charge >= 0.3 is 0 Å². The summed E-state index contributed by atoms with van der Waals surface area (Å²) >= 11 is 3.05. The highest BCUT2D eigenvalue weighted by Gasteiger charge is 2.19. The fourth-order valence-electron chi connectivity index (χ4n) is 2.88. The summed E-state index contributed by atoms with van der Waals surface area (Å²) in [7, 11) is 1.59. The molecule has 0 saturated carbocycles. The van der Waals surface area contributed by atoms with Crippen LogP contribution in [0, 0.1) is 0 Å². The average molecular weight is 422 g/mol. The summed E-state index contributed by atoms with van der Waals surface area (Å²) in [5.41, 5.74) is 1.80. The molecule has 1 atom stereocenters. The van der Waals surface area contributed by atoms with E-state index in [2.05, 4.69) is 33.5 Å². The van der Waals surface area contributed by atoms with Gasteiger partial charge in [0.2, 0.25) is 5.91 Å². The molecule has 2 heterocycles. The number of ether oxygens (including phenoxy) is 1. The summed E-state index contributed by atoms with van der Waals surface area (Å²) < 4.78 is 5.31. The van der Waals surface area contributed by atoms with Gasteiger partial charge in [0.1, 0.15) is 21.9 Å². The normalized spacial score (nSPS) is 11.9.